The summed E-state index contributed by atoms with van der Waals surface area (Å²) in [5.41, 5.74) is 2.42. The summed E-state index contributed by atoms with van der Waals surface area (Å²) in [7, 11) is 0. The second-order valence-corrected chi connectivity index (χ2v) is 6.48. The Kier molecular flexibility index (Phi) is 6.24. The van der Waals surface area contributed by atoms with Crippen molar-refractivity contribution in [1.82, 2.24) is 5.32 Å². The standard InChI is InChI=1S/C21H18ClN3O3/c1-14-5-7-16(8-6-14)23-12-18-9-10-19(28-18)13-24-20(26)21(27)25-17-4-2-3-15(22)11-17/h2-12H,13H2,1H3,(H,24,26)(H,25,27). The largest absolute Gasteiger partial charge is 0.458 e. The van der Waals surface area contributed by atoms with Crippen molar-refractivity contribution in [3.05, 3.63) is 82.8 Å². The third-order valence-electron chi connectivity index (χ3n) is 3.77. The number of anilines is 1. The molecule has 0 aliphatic rings. The van der Waals surface area contributed by atoms with E-state index in [2.05, 4.69) is 15.6 Å². The Balaban J connectivity index is 1.51. The molecule has 0 aliphatic carbocycles. The van der Waals surface area contributed by atoms with E-state index in [4.69, 9.17) is 16.0 Å². The van der Waals surface area contributed by atoms with Gasteiger partial charge in [-0.3, -0.25) is 14.6 Å². The minimum atomic E-state index is -0.782. The predicted octanol–water partition coefficient (Wildman–Crippen LogP) is 4.25. The normalized spacial score (nSPS) is 10.8. The van der Waals surface area contributed by atoms with Crippen LogP contribution < -0.4 is 10.6 Å². The molecule has 0 fully saturated rings. The number of carbonyl (C=O) groups excluding carboxylic acids is 2. The van der Waals surface area contributed by atoms with Gasteiger partial charge in [-0.15, -0.1) is 0 Å². The molecule has 0 aliphatic heterocycles. The molecule has 0 unspecified atom stereocenters. The molecular weight excluding hydrogens is 378 g/mol. The van der Waals surface area contributed by atoms with Crippen molar-refractivity contribution in [2.24, 2.45) is 4.99 Å². The summed E-state index contributed by atoms with van der Waals surface area (Å²) in [6, 6.07) is 17.8. The van der Waals surface area contributed by atoms with Crippen LogP contribution in [0.25, 0.3) is 0 Å². The van der Waals surface area contributed by atoms with E-state index in [0.29, 0.717) is 22.2 Å². The molecule has 2 amide bonds. The highest BCUT2D eigenvalue weighted by molar-refractivity contribution is 6.39. The van der Waals surface area contributed by atoms with Crippen LogP contribution in [0.1, 0.15) is 17.1 Å². The SMILES string of the molecule is Cc1ccc(N=Cc2ccc(CNC(=O)C(=O)Nc3cccc(Cl)c3)o2)cc1. The molecule has 0 radical (unpaired) electrons. The lowest BCUT2D eigenvalue weighted by molar-refractivity contribution is -0.136. The minimum Gasteiger partial charge on any atom is -0.458 e. The van der Waals surface area contributed by atoms with Crippen LogP contribution in [0.15, 0.2) is 70.1 Å². The Morgan fingerprint density at radius 3 is 2.61 bits per heavy atom. The van der Waals surface area contributed by atoms with Crippen LogP contribution in [0.3, 0.4) is 0 Å². The molecule has 1 aromatic heterocycles. The number of benzene rings is 2. The Labute approximate surface area is 167 Å². The number of nitrogens with zero attached hydrogens (tertiary/aromatic N) is 1. The van der Waals surface area contributed by atoms with E-state index in [0.717, 1.165) is 11.3 Å². The molecule has 2 N–H and O–H groups in total. The van der Waals surface area contributed by atoms with Gasteiger partial charge in [0.2, 0.25) is 0 Å². The summed E-state index contributed by atoms with van der Waals surface area (Å²) < 4.78 is 5.58. The van der Waals surface area contributed by atoms with Gasteiger partial charge in [0, 0.05) is 10.7 Å². The van der Waals surface area contributed by atoms with Gasteiger partial charge in [-0.2, -0.15) is 0 Å². The van der Waals surface area contributed by atoms with Gasteiger partial charge < -0.3 is 15.1 Å². The second-order valence-electron chi connectivity index (χ2n) is 6.04. The van der Waals surface area contributed by atoms with Crippen LogP contribution in [0.5, 0.6) is 0 Å². The first-order valence-corrected chi connectivity index (χ1v) is 8.91. The van der Waals surface area contributed by atoms with Gasteiger partial charge in [0.15, 0.2) is 0 Å². The first-order valence-electron chi connectivity index (χ1n) is 8.54. The van der Waals surface area contributed by atoms with Crippen molar-refractivity contribution >= 4 is 41.0 Å². The molecule has 0 saturated heterocycles. The van der Waals surface area contributed by atoms with Crippen LogP contribution in [0, 0.1) is 6.92 Å². The van der Waals surface area contributed by atoms with E-state index in [1.807, 2.05) is 31.2 Å². The Morgan fingerprint density at radius 2 is 1.86 bits per heavy atom. The summed E-state index contributed by atoms with van der Waals surface area (Å²) in [5, 5.41) is 5.45. The monoisotopic (exact) mass is 395 g/mol. The third-order valence-corrected chi connectivity index (χ3v) is 4.00. The lowest BCUT2D eigenvalue weighted by Gasteiger charge is -2.05. The molecule has 1 heterocycles. The summed E-state index contributed by atoms with van der Waals surface area (Å²) >= 11 is 5.85. The summed E-state index contributed by atoms with van der Waals surface area (Å²) in [4.78, 5) is 28.2. The molecule has 3 rings (SSSR count). The molecule has 142 valence electrons. The maximum absolute atomic E-state index is 11.9. The van der Waals surface area contributed by atoms with Gasteiger partial charge in [0.05, 0.1) is 18.4 Å². The van der Waals surface area contributed by atoms with E-state index >= 15 is 0 Å². The predicted molar refractivity (Wildman–Crippen MR) is 109 cm³/mol. The van der Waals surface area contributed by atoms with Crippen LogP contribution in [-0.4, -0.2) is 18.0 Å². The number of halogens is 1. The zero-order valence-corrected chi connectivity index (χ0v) is 15.9. The quantitative estimate of drug-likeness (QED) is 0.500. The molecule has 3 aromatic rings. The maximum Gasteiger partial charge on any atom is 0.313 e. The van der Waals surface area contributed by atoms with Gasteiger partial charge in [-0.1, -0.05) is 35.4 Å². The first-order chi connectivity index (χ1) is 13.5. The number of aliphatic imine (C=N–C) groups is 1. The number of amides is 2. The van der Waals surface area contributed by atoms with Crippen LogP contribution >= 0.6 is 11.6 Å². The number of furan rings is 1. The molecule has 0 atom stereocenters. The van der Waals surface area contributed by atoms with Crippen LogP contribution in [0.4, 0.5) is 11.4 Å². The Morgan fingerprint density at radius 1 is 1.07 bits per heavy atom. The topological polar surface area (TPSA) is 83.7 Å². The average molecular weight is 396 g/mol. The molecule has 2 aromatic carbocycles. The molecule has 28 heavy (non-hydrogen) atoms. The molecule has 0 saturated carbocycles. The van der Waals surface area contributed by atoms with E-state index in [-0.39, 0.29) is 6.54 Å². The van der Waals surface area contributed by atoms with Crippen LogP contribution in [0.2, 0.25) is 5.02 Å². The fourth-order valence-corrected chi connectivity index (χ4v) is 2.52. The van der Waals surface area contributed by atoms with Crippen molar-refractivity contribution in [1.29, 1.82) is 0 Å². The van der Waals surface area contributed by atoms with Crippen molar-refractivity contribution in [3.63, 3.8) is 0 Å². The second kappa shape index (κ2) is 9.01. The molecular formula is C21H18ClN3O3. The summed E-state index contributed by atoms with van der Waals surface area (Å²) in [5.74, 6) is -0.497. The number of nitrogens with one attached hydrogen (secondary N) is 2. The Hall–Kier alpha value is -3.38. The zero-order valence-electron chi connectivity index (χ0n) is 15.1. The molecule has 6 nitrogen and oxygen atoms in total. The highest BCUT2D eigenvalue weighted by Gasteiger charge is 2.14. The van der Waals surface area contributed by atoms with E-state index in [1.54, 1.807) is 42.6 Å². The van der Waals surface area contributed by atoms with E-state index in [1.165, 1.54) is 0 Å². The fourth-order valence-electron chi connectivity index (χ4n) is 2.33. The van der Waals surface area contributed by atoms with Crippen LogP contribution in [-0.2, 0) is 16.1 Å². The highest BCUT2D eigenvalue weighted by Crippen LogP contribution is 2.15. The first kappa shape index (κ1) is 19.4. The lowest BCUT2D eigenvalue weighted by Crippen LogP contribution is -2.34. The number of aryl methyl sites for hydroxylation is 1. The number of hydrogen-bond donors (Lipinski definition) is 2. The summed E-state index contributed by atoms with van der Waals surface area (Å²) in [6.45, 7) is 2.09. The van der Waals surface area contributed by atoms with Crippen molar-refractivity contribution < 1.29 is 14.0 Å². The van der Waals surface area contributed by atoms with Gasteiger partial charge in [-0.05, 0) is 49.4 Å². The van der Waals surface area contributed by atoms with Gasteiger partial charge >= 0.3 is 11.8 Å². The number of hydrogen-bond acceptors (Lipinski definition) is 4. The molecule has 0 bridgehead atoms. The fraction of sp³-hybridized carbons (Fsp3) is 0.0952. The van der Waals surface area contributed by atoms with Gasteiger partial charge in [-0.25, -0.2) is 0 Å². The van der Waals surface area contributed by atoms with Crippen molar-refractivity contribution in [2.75, 3.05) is 5.32 Å². The average Bonchev–Trinajstić information content (AvgIpc) is 3.13. The van der Waals surface area contributed by atoms with Gasteiger partial charge in [0.1, 0.15) is 11.5 Å². The minimum absolute atomic E-state index is 0.0835. The number of rotatable bonds is 5. The smallest absolute Gasteiger partial charge is 0.313 e. The lowest BCUT2D eigenvalue weighted by atomic mass is 10.2. The molecule has 0 spiro atoms. The number of carbonyl (C=O) groups is 2. The van der Waals surface area contributed by atoms with E-state index in [9.17, 15) is 9.59 Å². The van der Waals surface area contributed by atoms with Gasteiger partial charge in [0.25, 0.3) is 0 Å². The molecule has 7 heteroatoms. The third kappa shape index (κ3) is 5.56. The summed E-state index contributed by atoms with van der Waals surface area (Å²) in [6.07, 6.45) is 1.60. The zero-order chi connectivity index (χ0) is 19.9. The maximum atomic E-state index is 11.9. The van der Waals surface area contributed by atoms with Crippen molar-refractivity contribution in [3.8, 4) is 0 Å². The Bertz CT molecular complexity index is 1010. The van der Waals surface area contributed by atoms with Crippen molar-refractivity contribution in [2.45, 2.75) is 13.5 Å². The van der Waals surface area contributed by atoms with E-state index < -0.39 is 11.8 Å². The highest BCUT2D eigenvalue weighted by atomic mass is 35.5.